The van der Waals surface area contributed by atoms with Gasteiger partial charge in [-0.1, -0.05) is 6.07 Å². The predicted molar refractivity (Wildman–Crippen MR) is 60.9 cm³/mol. The third-order valence-electron chi connectivity index (χ3n) is 2.09. The van der Waals surface area contributed by atoms with Gasteiger partial charge in [-0.15, -0.1) is 0 Å². The van der Waals surface area contributed by atoms with Crippen molar-refractivity contribution in [3.8, 4) is 0 Å². The summed E-state index contributed by atoms with van der Waals surface area (Å²) in [4.78, 5) is 22.4. The number of benzene rings is 1. The first-order chi connectivity index (χ1) is 8.54. The number of rotatable bonds is 5. The summed E-state index contributed by atoms with van der Waals surface area (Å²) in [5.41, 5.74) is -0.246. The van der Waals surface area contributed by atoms with E-state index in [0.717, 1.165) is 6.07 Å². The number of anilines is 1. The first-order valence-corrected chi connectivity index (χ1v) is 5.44. The lowest BCUT2D eigenvalue weighted by Crippen LogP contribution is -2.15. The van der Waals surface area contributed by atoms with Gasteiger partial charge in [-0.05, 0) is 19.1 Å². The molecular formula is C12H13F2NO3. The third-order valence-corrected chi connectivity index (χ3v) is 2.09. The molecule has 0 aliphatic rings. The largest absolute Gasteiger partial charge is 0.466 e. The van der Waals surface area contributed by atoms with Crippen molar-refractivity contribution in [2.24, 2.45) is 0 Å². The Bertz CT molecular complexity index is 449. The van der Waals surface area contributed by atoms with E-state index in [1.807, 2.05) is 0 Å². The molecule has 1 amide bonds. The Hall–Kier alpha value is -1.98. The molecule has 0 aliphatic carbocycles. The average molecular weight is 257 g/mol. The average Bonchev–Trinajstić information content (AvgIpc) is 2.33. The Balaban J connectivity index is 2.50. The standard InChI is InChI=1S/C12H13F2NO3/c1-2-18-11(17)7-6-10(16)15-9-5-3-4-8(13)12(9)14/h3-5H,2,6-7H2,1H3,(H,15,16). The van der Waals surface area contributed by atoms with Gasteiger partial charge in [-0.3, -0.25) is 9.59 Å². The molecule has 18 heavy (non-hydrogen) atoms. The van der Waals surface area contributed by atoms with Gasteiger partial charge in [-0.25, -0.2) is 8.78 Å². The molecule has 98 valence electrons. The predicted octanol–water partition coefficient (Wildman–Crippen LogP) is 2.25. The number of amides is 1. The molecule has 0 radical (unpaired) electrons. The van der Waals surface area contributed by atoms with E-state index < -0.39 is 23.5 Å². The van der Waals surface area contributed by atoms with Crippen molar-refractivity contribution in [3.63, 3.8) is 0 Å². The van der Waals surface area contributed by atoms with E-state index in [0.29, 0.717) is 0 Å². The number of carbonyl (C=O) groups excluding carboxylic acids is 2. The second kappa shape index (κ2) is 6.68. The molecular weight excluding hydrogens is 244 g/mol. The molecule has 0 atom stereocenters. The number of halogens is 2. The smallest absolute Gasteiger partial charge is 0.306 e. The summed E-state index contributed by atoms with van der Waals surface area (Å²) < 4.78 is 30.7. The molecule has 0 saturated carbocycles. The summed E-state index contributed by atoms with van der Waals surface area (Å²) in [6.45, 7) is 1.89. The zero-order valence-corrected chi connectivity index (χ0v) is 9.83. The summed E-state index contributed by atoms with van der Waals surface area (Å²) in [7, 11) is 0. The lowest BCUT2D eigenvalue weighted by molar-refractivity contribution is -0.144. The van der Waals surface area contributed by atoms with Crippen LogP contribution in [0.2, 0.25) is 0 Å². The monoisotopic (exact) mass is 257 g/mol. The van der Waals surface area contributed by atoms with Crippen molar-refractivity contribution in [2.75, 3.05) is 11.9 Å². The highest BCUT2D eigenvalue weighted by Gasteiger charge is 2.12. The highest BCUT2D eigenvalue weighted by Crippen LogP contribution is 2.16. The Kier molecular flexibility index (Phi) is 5.23. The van der Waals surface area contributed by atoms with Crippen molar-refractivity contribution in [1.29, 1.82) is 0 Å². The van der Waals surface area contributed by atoms with E-state index in [9.17, 15) is 18.4 Å². The van der Waals surface area contributed by atoms with Crippen molar-refractivity contribution in [1.82, 2.24) is 0 Å². The van der Waals surface area contributed by atoms with E-state index in [1.54, 1.807) is 6.92 Å². The molecule has 1 N–H and O–H groups in total. The van der Waals surface area contributed by atoms with Crippen LogP contribution in [0.15, 0.2) is 18.2 Å². The van der Waals surface area contributed by atoms with Crippen LogP contribution in [0.1, 0.15) is 19.8 Å². The first kappa shape index (κ1) is 14.1. The molecule has 1 aromatic rings. The third kappa shape index (κ3) is 4.12. The zero-order chi connectivity index (χ0) is 13.5. The minimum atomic E-state index is -1.12. The van der Waals surface area contributed by atoms with Crippen LogP contribution >= 0.6 is 0 Å². The zero-order valence-electron chi connectivity index (χ0n) is 9.83. The molecule has 0 unspecified atom stereocenters. The molecule has 0 bridgehead atoms. The fraction of sp³-hybridized carbons (Fsp3) is 0.333. The van der Waals surface area contributed by atoms with Crippen LogP contribution in [0.25, 0.3) is 0 Å². The molecule has 0 aliphatic heterocycles. The number of nitrogens with one attached hydrogen (secondary N) is 1. The van der Waals surface area contributed by atoms with Crippen molar-refractivity contribution < 1.29 is 23.1 Å². The van der Waals surface area contributed by atoms with Crippen LogP contribution < -0.4 is 5.32 Å². The van der Waals surface area contributed by atoms with Crippen LogP contribution in [0.3, 0.4) is 0 Å². The normalized spacial score (nSPS) is 9.94. The van der Waals surface area contributed by atoms with Crippen LogP contribution in [-0.2, 0) is 14.3 Å². The summed E-state index contributed by atoms with van der Waals surface area (Å²) in [6, 6.07) is 3.46. The van der Waals surface area contributed by atoms with Crippen LogP contribution in [0, 0.1) is 11.6 Å². The molecule has 6 heteroatoms. The van der Waals surface area contributed by atoms with Gasteiger partial charge in [0.1, 0.15) is 0 Å². The van der Waals surface area contributed by atoms with Crippen molar-refractivity contribution in [3.05, 3.63) is 29.8 Å². The summed E-state index contributed by atoms with van der Waals surface area (Å²) >= 11 is 0. The molecule has 1 rings (SSSR count). The lowest BCUT2D eigenvalue weighted by Gasteiger charge is -2.06. The number of carbonyl (C=O) groups is 2. The Morgan fingerprint density at radius 1 is 1.28 bits per heavy atom. The fourth-order valence-electron chi connectivity index (χ4n) is 1.26. The summed E-state index contributed by atoms with van der Waals surface area (Å²) in [5.74, 6) is -3.25. The van der Waals surface area contributed by atoms with E-state index in [-0.39, 0.29) is 25.1 Å². The molecule has 0 fully saturated rings. The van der Waals surface area contributed by atoms with Gasteiger partial charge in [0.2, 0.25) is 5.91 Å². The molecule has 0 heterocycles. The minimum absolute atomic E-state index is 0.101. The molecule has 0 spiro atoms. The van der Waals surface area contributed by atoms with Gasteiger partial charge in [0.25, 0.3) is 0 Å². The van der Waals surface area contributed by atoms with Gasteiger partial charge in [0, 0.05) is 6.42 Å². The molecule has 4 nitrogen and oxygen atoms in total. The van der Waals surface area contributed by atoms with Gasteiger partial charge in [-0.2, -0.15) is 0 Å². The Morgan fingerprint density at radius 3 is 2.67 bits per heavy atom. The number of esters is 1. The maximum atomic E-state index is 13.2. The van der Waals surface area contributed by atoms with Gasteiger partial charge in [0.05, 0.1) is 18.7 Å². The van der Waals surface area contributed by atoms with Crippen LogP contribution in [0.5, 0.6) is 0 Å². The van der Waals surface area contributed by atoms with E-state index in [1.165, 1.54) is 12.1 Å². The second-order valence-electron chi connectivity index (χ2n) is 3.45. The van der Waals surface area contributed by atoms with Crippen LogP contribution in [-0.4, -0.2) is 18.5 Å². The molecule has 0 saturated heterocycles. The second-order valence-corrected chi connectivity index (χ2v) is 3.45. The highest BCUT2D eigenvalue weighted by molar-refractivity contribution is 5.92. The number of ether oxygens (including phenoxy) is 1. The maximum Gasteiger partial charge on any atom is 0.306 e. The van der Waals surface area contributed by atoms with Crippen molar-refractivity contribution in [2.45, 2.75) is 19.8 Å². The highest BCUT2D eigenvalue weighted by atomic mass is 19.2. The topological polar surface area (TPSA) is 55.4 Å². The Labute approximate surface area is 103 Å². The quantitative estimate of drug-likeness (QED) is 0.823. The lowest BCUT2D eigenvalue weighted by atomic mass is 10.2. The number of hydrogen-bond donors (Lipinski definition) is 1. The summed E-state index contributed by atoms with van der Waals surface area (Å²) in [6.07, 6.45) is -0.245. The summed E-state index contributed by atoms with van der Waals surface area (Å²) in [5, 5.41) is 2.19. The van der Waals surface area contributed by atoms with Gasteiger partial charge < -0.3 is 10.1 Å². The maximum absolute atomic E-state index is 13.2. The minimum Gasteiger partial charge on any atom is -0.466 e. The van der Waals surface area contributed by atoms with Gasteiger partial charge in [0.15, 0.2) is 11.6 Å². The Morgan fingerprint density at radius 2 is 2.00 bits per heavy atom. The molecule has 1 aromatic carbocycles. The van der Waals surface area contributed by atoms with E-state index in [4.69, 9.17) is 0 Å². The number of hydrogen-bond acceptors (Lipinski definition) is 3. The fourth-order valence-corrected chi connectivity index (χ4v) is 1.26. The van der Waals surface area contributed by atoms with Crippen molar-refractivity contribution >= 4 is 17.6 Å². The van der Waals surface area contributed by atoms with Crippen LogP contribution in [0.4, 0.5) is 14.5 Å². The van der Waals surface area contributed by atoms with Gasteiger partial charge >= 0.3 is 5.97 Å². The first-order valence-electron chi connectivity index (χ1n) is 5.44. The SMILES string of the molecule is CCOC(=O)CCC(=O)Nc1cccc(F)c1F. The van der Waals surface area contributed by atoms with E-state index >= 15 is 0 Å². The molecule has 0 aromatic heterocycles. The van der Waals surface area contributed by atoms with E-state index in [2.05, 4.69) is 10.1 Å².